The molecule has 3 heteroatoms. The Morgan fingerprint density at radius 3 is 2.53 bits per heavy atom. The molecule has 0 amide bonds. The largest absolute Gasteiger partial charge is 0.322 e. The fourth-order valence-electron chi connectivity index (χ4n) is 3.21. The number of hydrogen-bond donors (Lipinski definition) is 1. The van der Waals surface area contributed by atoms with Crippen molar-refractivity contribution in [2.75, 3.05) is 0 Å². The second-order valence-corrected chi connectivity index (χ2v) is 5.55. The van der Waals surface area contributed by atoms with E-state index >= 15 is 0 Å². The van der Waals surface area contributed by atoms with Crippen LogP contribution >= 0.6 is 0 Å². The molecule has 1 atom stereocenters. The van der Waals surface area contributed by atoms with E-state index in [-0.39, 0.29) is 6.04 Å². The van der Waals surface area contributed by atoms with Crippen LogP contribution in [0.4, 0.5) is 0 Å². The minimum atomic E-state index is 0.167. The summed E-state index contributed by atoms with van der Waals surface area (Å²) in [5.74, 6) is 1.58. The van der Waals surface area contributed by atoms with Crippen molar-refractivity contribution in [3.05, 3.63) is 17.5 Å². The van der Waals surface area contributed by atoms with Crippen LogP contribution in [0.15, 0.2) is 6.20 Å². The fourth-order valence-corrected chi connectivity index (χ4v) is 3.21. The number of aryl methyl sites for hydroxylation is 2. The van der Waals surface area contributed by atoms with Crippen molar-refractivity contribution in [1.82, 2.24) is 9.78 Å². The molecule has 1 fully saturated rings. The van der Waals surface area contributed by atoms with E-state index in [1.807, 2.05) is 17.9 Å². The van der Waals surface area contributed by atoms with Crippen LogP contribution in [0.25, 0.3) is 0 Å². The van der Waals surface area contributed by atoms with E-state index in [1.54, 1.807) is 0 Å². The van der Waals surface area contributed by atoms with E-state index in [0.29, 0.717) is 5.92 Å². The maximum atomic E-state index is 6.44. The van der Waals surface area contributed by atoms with E-state index in [2.05, 4.69) is 18.9 Å². The quantitative estimate of drug-likeness (QED) is 0.875. The van der Waals surface area contributed by atoms with Gasteiger partial charge in [0, 0.05) is 13.1 Å². The Morgan fingerprint density at radius 1 is 1.41 bits per heavy atom. The summed E-state index contributed by atoms with van der Waals surface area (Å²) >= 11 is 0. The van der Waals surface area contributed by atoms with Gasteiger partial charge in [-0.2, -0.15) is 5.10 Å². The van der Waals surface area contributed by atoms with E-state index in [9.17, 15) is 0 Å². The molecule has 0 radical (unpaired) electrons. The first-order valence-corrected chi connectivity index (χ1v) is 6.87. The predicted molar refractivity (Wildman–Crippen MR) is 70.6 cm³/mol. The van der Waals surface area contributed by atoms with Crippen LogP contribution in [-0.2, 0) is 7.05 Å². The summed E-state index contributed by atoms with van der Waals surface area (Å²) in [6.07, 6.45) is 8.52. The molecule has 96 valence electrons. The Labute approximate surface area is 104 Å². The molecule has 17 heavy (non-hydrogen) atoms. The smallest absolute Gasteiger partial charge is 0.0580 e. The van der Waals surface area contributed by atoms with Crippen molar-refractivity contribution >= 4 is 0 Å². The molecule has 1 aliphatic carbocycles. The highest BCUT2D eigenvalue weighted by Gasteiger charge is 2.28. The Bertz CT molecular complexity index is 342. The first-order chi connectivity index (χ1) is 8.13. The molecule has 1 saturated carbocycles. The third-order valence-electron chi connectivity index (χ3n) is 4.47. The third-order valence-corrected chi connectivity index (χ3v) is 4.47. The molecular formula is C14H25N3. The topological polar surface area (TPSA) is 43.8 Å². The summed E-state index contributed by atoms with van der Waals surface area (Å²) in [6.45, 7) is 4.41. The zero-order valence-electron chi connectivity index (χ0n) is 11.3. The molecule has 0 spiro atoms. The van der Waals surface area contributed by atoms with Crippen LogP contribution in [0.2, 0.25) is 0 Å². The average Bonchev–Trinajstić information content (AvgIpc) is 2.68. The Morgan fingerprint density at radius 2 is 2.06 bits per heavy atom. The lowest BCUT2D eigenvalue weighted by molar-refractivity contribution is 0.235. The molecule has 1 aliphatic rings. The van der Waals surface area contributed by atoms with Gasteiger partial charge in [0.05, 0.1) is 11.9 Å². The van der Waals surface area contributed by atoms with Gasteiger partial charge < -0.3 is 5.73 Å². The summed E-state index contributed by atoms with van der Waals surface area (Å²) in [6, 6.07) is 0.167. The van der Waals surface area contributed by atoms with E-state index in [0.717, 1.165) is 5.92 Å². The summed E-state index contributed by atoms with van der Waals surface area (Å²) < 4.78 is 1.95. The van der Waals surface area contributed by atoms with Gasteiger partial charge in [-0.1, -0.05) is 26.2 Å². The van der Waals surface area contributed by atoms with Gasteiger partial charge in [-0.05, 0) is 37.2 Å². The lowest BCUT2D eigenvalue weighted by Gasteiger charge is -2.32. The Balaban J connectivity index is 2.04. The summed E-state index contributed by atoms with van der Waals surface area (Å²) in [5, 5.41) is 4.30. The van der Waals surface area contributed by atoms with Crippen LogP contribution in [0.5, 0.6) is 0 Å². The van der Waals surface area contributed by atoms with Gasteiger partial charge in [0.1, 0.15) is 0 Å². The lowest BCUT2D eigenvalue weighted by Crippen LogP contribution is -2.28. The number of nitrogens with two attached hydrogens (primary N) is 1. The first-order valence-electron chi connectivity index (χ1n) is 6.87. The maximum Gasteiger partial charge on any atom is 0.0580 e. The van der Waals surface area contributed by atoms with Gasteiger partial charge >= 0.3 is 0 Å². The molecule has 1 aromatic heterocycles. The second kappa shape index (κ2) is 5.21. The van der Waals surface area contributed by atoms with Crippen molar-refractivity contribution in [3.63, 3.8) is 0 Å². The van der Waals surface area contributed by atoms with E-state index < -0.39 is 0 Å². The standard InChI is InChI=1S/C14H25N3/c1-4-11-5-7-12(8-6-11)13(15)14-10(2)9-16-17(14)3/h9,11-13H,4-8,15H2,1-3H3. The maximum absolute atomic E-state index is 6.44. The van der Waals surface area contributed by atoms with Crippen molar-refractivity contribution in [3.8, 4) is 0 Å². The molecule has 1 heterocycles. The monoisotopic (exact) mass is 235 g/mol. The molecular weight excluding hydrogens is 210 g/mol. The summed E-state index contributed by atoms with van der Waals surface area (Å²) in [4.78, 5) is 0. The van der Waals surface area contributed by atoms with E-state index in [1.165, 1.54) is 43.4 Å². The average molecular weight is 235 g/mol. The number of aromatic nitrogens is 2. The number of nitrogens with zero attached hydrogens (tertiary/aromatic N) is 2. The molecule has 0 saturated heterocycles. The summed E-state index contributed by atoms with van der Waals surface area (Å²) in [7, 11) is 2.00. The van der Waals surface area contributed by atoms with Crippen LogP contribution in [0, 0.1) is 18.8 Å². The van der Waals surface area contributed by atoms with Gasteiger partial charge in [0.25, 0.3) is 0 Å². The number of hydrogen-bond acceptors (Lipinski definition) is 2. The molecule has 2 N–H and O–H groups in total. The normalized spacial score (nSPS) is 27.1. The van der Waals surface area contributed by atoms with Crippen LogP contribution < -0.4 is 5.73 Å². The van der Waals surface area contributed by atoms with Crippen molar-refractivity contribution in [2.24, 2.45) is 24.6 Å². The Kier molecular flexibility index (Phi) is 3.87. The van der Waals surface area contributed by atoms with Gasteiger partial charge in [0.2, 0.25) is 0 Å². The lowest BCUT2D eigenvalue weighted by atomic mass is 9.77. The van der Waals surface area contributed by atoms with Crippen molar-refractivity contribution < 1.29 is 0 Å². The van der Waals surface area contributed by atoms with Gasteiger partial charge in [-0.3, -0.25) is 4.68 Å². The zero-order chi connectivity index (χ0) is 12.4. The number of rotatable bonds is 3. The third kappa shape index (κ3) is 2.54. The van der Waals surface area contributed by atoms with Crippen LogP contribution in [0.3, 0.4) is 0 Å². The minimum Gasteiger partial charge on any atom is -0.322 e. The first kappa shape index (κ1) is 12.6. The van der Waals surface area contributed by atoms with Gasteiger partial charge in [-0.15, -0.1) is 0 Å². The SMILES string of the molecule is CCC1CCC(C(N)c2c(C)cnn2C)CC1. The predicted octanol–water partition coefficient (Wildman–Crippen LogP) is 2.94. The van der Waals surface area contributed by atoms with Crippen molar-refractivity contribution in [1.29, 1.82) is 0 Å². The van der Waals surface area contributed by atoms with Gasteiger partial charge in [0.15, 0.2) is 0 Å². The van der Waals surface area contributed by atoms with Crippen LogP contribution in [-0.4, -0.2) is 9.78 Å². The fraction of sp³-hybridized carbons (Fsp3) is 0.786. The van der Waals surface area contributed by atoms with Gasteiger partial charge in [-0.25, -0.2) is 0 Å². The molecule has 0 aromatic carbocycles. The molecule has 1 aromatic rings. The molecule has 1 unspecified atom stereocenters. The second-order valence-electron chi connectivity index (χ2n) is 5.55. The highest BCUT2D eigenvalue weighted by molar-refractivity contribution is 5.20. The molecule has 3 nitrogen and oxygen atoms in total. The molecule has 0 aliphatic heterocycles. The summed E-state index contributed by atoms with van der Waals surface area (Å²) in [5.41, 5.74) is 8.90. The zero-order valence-corrected chi connectivity index (χ0v) is 11.3. The van der Waals surface area contributed by atoms with Crippen LogP contribution in [0.1, 0.15) is 56.3 Å². The minimum absolute atomic E-state index is 0.167. The van der Waals surface area contributed by atoms with E-state index in [4.69, 9.17) is 5.73 Å². The van der Waals surface area contributed by atoms with Crippen molar-refractivity contribution in [2.45, 2.75) is 52.0 Å². The highest BCUT2D eigenvalue weighted by Crippen LogP contribution is 2.37. The highest BCUT2D eigenvalue weighted by atomic mass is 15.3. The Hall–Kier alpha value is -0.830. The molecule has 0 bridgehead atoms. The molecule has 2 rings (SSSR count).